The molecule has 0 atom stereocenters. The van der Waals surface area contributed by atoms with Crippen molar-refractivity contribution in [2.75, 3.05) is 23.7 Å². The molecule has 0 radical (unpaired) electrons. The Morgan fingerprint density at radius 3 is 2.44 bits per heavy atom. The van der Waals surface area contributed by atoms with Crippen LogP contribution in [0.3, 0.4) is 0 Å². The summed E-state index contributed by atoms with van der Waals surface area (Å²) in [4.78, 5) is 37.7. The molecule has 0 aliphatic rings. The second-order valence-corrected chi connectivity index (χ2v) is 6.16. The molecule has 7 heteroatoms. The first-order chi connectivity index (χ1) is 12.9. The van der Waals surface area contributed by atoms with Gasteiger partial charge in [-0.25, -0.2) is 4.79 Å². The lowest BCUT2D eigenvalue weighted by atomic mass is 10.1. The average molecular weight is 368 g/mol. The number of carbonyl (C=O) groups is 3. The van der Waals surface area contributed by atoms with Crippen LogP contribution in [0.25, 0.3) is 0 Å². The molecule has 2 aromatic carbocycles. The first-order valence-corrected chi connectivity index (χ1v) is 8.72. The molecule has 142 valence electrons. The fourth-order valence-corrected chi connectivity index (χ4v) is 2.65. The molecule has 2 aromatic rings. The molecule has 0 fully saturated rings. The van der Waals surface area contributed by atoms with Crippen LogP contribution in [0.2, 0.25) is 0 Å². The van der Waals surface area contributed by atoms with Crippen LogP contribution in [0, 0.1) is 6.92 Å². The molecule has 0 saturated heterocycles. The third kappa shape index (κ3) is 5.85. The van der Waals surface area contributed by atoms with Crippen LogP contribution in [0.1, 0.15) is 29.3 Å². The van der Waals surface area contributed by atoms with Gasteiger partial charge in [0.15, 0.2) is 0 Å². The number of rotatable bonds is 7. The predicted molar refractivity (Wildman–Crippen MR) is 106 cm³/mol. The number of primary amides is 1. The SMILES string of the molecule is CCCN(CC(=O)Nc1ccccc1C)C(=O)c1cccc(NC(N)=O)c1. The van der Waals surface area contributed by atoms with Crippen LogP contribution in [0.15, 0.2) is 48.5 Å². The Morgan fingerprint density at radius 1 is 1.04 bits per heavy atom. The van der Waals surface area contributed by atoms with Crippen LogP contribution in [-0.2, 0) is 4.79 Å². The Labute approximate surface area is 158 Å². The van der Waals surface area contributed by atoms with E-state index in [0.717, 1.165) is 11.3 Å². The number of nitrogens with one attached hydrogen (secondary N) is 2. The van der Waals surface area contributed by atoms with E-state index in [1.807, 2.05) is 38.1 Å². The highest BCUT2D eigenvalue weighted by Crippen LogP contribution is 2.15. The molecule has 27 heavy (non-hydrogen) atoms. The number of amides is 4. The summed E-state index contributed by atoms with van der Waals surface area (Å²) in [7, 11) is 0. The van der Waals surface area contributed by atoms with Gasteiger partial charge in [0.05, 0.1) is 0 Å². The molecule has 0 unspecified atom stereocenters. The quantitative estimate of drug-likeness (QED) is 0.700. The Hall–Kier alpha value is -3.35. The maximum atomic E-state index is 12.8. The number of benzene rings is 2. The minimum atomic E-state index is -0.706. The van der Waals surface area contributed by atoms with Crippen molar-refractivity contribution in [1.82, 2.24) is 4.90 Å². The van der Waals surface area contributed by atoms with Gasteiger partial charge in [-0.2, -0.15) is 0 Å². The maximum Gasteiger partial charge on any atom is 0.316 e. The Morgan fingerprint density at radius 2 is 1.78 bits per heavy atom. The number of hydrogen-bond donors (Lipinski definition) is 3. The van der Waals surface area contributed by atoms with Crippen molar-refractivity contribution in [3.63, 3.8) is 0 Å². The fraction of sp³-hybridized carbons (Fsp3) is 0.250. The number of aryl methyl sites for hydroxylation is 1. The highest BCUT2D eigenvalue weighted by Gasteiger charge is 2.19. The number of hydrogen-bond acceptors (Lipinski definition) is 3. The van der Waals surface area contributed by atoms with E-state index < -0.39 is 6.03 Å². The molecule has 7 nitrogen and oxygen atoms in total. The second kappa shape index (κ2) is 9.38. The summed E-state index contributed by atoms with van der Waals surface area (Å²) in [5, 5.41) is 5.28. The monoisotopic (exact) mass is 368 g/mol. The highest BCUT2D eigenvalue weighted by atomic mass is 16.2. The first-order valence-electron chi connectivity index (χ1n) is 8.72. The smallest absolute Gasteiger partial charge is 0.316 e. The minimum Gasteiger partial charge on any atom is -0.351 e. The van der Waals surface area contributed by atoms with Crippen molar-refractivity contribution in [3.05, 3.63) is 59.7 Å². The lowest BCUT2D eigenvalue weighted by Crippen LogP contribution is -2.38. The van der Waals surface area contributed by atoms with Gasteiger partial charge in [0.25, 0.3) is 5.91 Å². The molecular formula is C20H24N4O3. The van der Waals surface area contributed by atoms with Gasteiger partial charge in [0.2, 0.25) is 5.91 Å². The van der Waals surface area contributed by atoms with E-state index in [9.17, 15) is 14.4 Å². The molecule has 2 rings (SSSR count). The summed E-state index contributed by atoms with van der Waals surface area (Å²) in [6.07, 6.45) is 0.711. The Balaban J connectivity index is 2.11. The van der Waals surface area contributed by atoms with Crippen LogP contribution in [-0.4, -0.2) is 35.8 Å². The number of urea groups is 1. The Bertz CT molecular complexity index is 835. The summed E-state index contributed by atoms with van der Waals surface area (Å²) >= 11 is 0. The number of nitrogens with two attached hydrogens (primary N) is 1. The largest absolute Gasteiger partial charge is 0.351 e. The van der Waals surface area contributed by atoms with E-state index in [1.54, 1.807) is 18.2 Å². The molecule has 0 bridgehead atoms. The van der Waals surface area contributed by atoms with Gasteiger partial charge in [0, 0.05) is 23.5 Å². The first kappa shape index (κ1) is 20.0. The fourth-order valence-electron chi connectivity index (χ4n) is 2.65. The molecular weight excluding hydrogens is 344 g/mol. The molecule has 0 aliphatic heterocycles. The lowest BCUT2D eigenvalue weighted by molar-refractivity contribution is -0.116. The van der Waals surface area contributed by atoms with E-state index in [1.165, 1.54) is 11.0 Å². The normalized spacial score (nSPS) is 10.1. The van der Waals surface area contributed by atoms with Gasteiger partial charge in [-0.15, -0.1) is 0 Å². The molecule has 0 aliphatic carbocycles. The van der Waals surface area contributed by atoms with Gasteiger partial charge in [-0.05, 0) is 43.2 Å². The van der Waals surface area contributed by atoms with Crippen molar-refractivity contribution in [2.45, 2.75) is 20.3 Å². The highest BCUT2D eigenvalue weighted by molar-refractivity contribution is 6.00. The molecule has 4 N–H and O–H groups in total. The Kier molecular flexibility index (Phi) is 6.93. The van der Waals surface area contributed by atoms with Gasteiger partial charge in [-0.1, -0.05) is 31.2 Å². The zero-order valence-electron chi connectivity index (χ0n) is 15.5. The van der Waals surface area contributed by atoms with Crippen molar-refractivity contribution in [1.29, 1.82) is 0 Å². The van der Waals surface area contributed by atoms with Gasteiger partial charge < -0.3 is 21.3 Å². The van der Waals surface area contributed by atoms with Gasteiger partial charge in [0.1, 0.15) is 6.54 Å². The van der Waals surface area contributed by atoms with Crippen LogP contribution >= 0.6 is 0 Å². The topological polar surface area (TPSA) is 105 Å². The lowest BCUT2D eigenvalue weighted by Gasteiger charge is -2.22. The van der Waals surface area contributed by atoms with Crippen LogP contribution in [0.4, 0.5) is 16.2 Å². The number of para-hydroxylation sites is 1. The summed E-state index contributed by atoms with van der Waals surface area (Å²) in [6, 6.07) is 13.2. The maximum absolute atomic E-state index is 12.8. The third-order valence-corrected chi connectivity index (χ3v) is 3.91. The van der Waals surface area contributed by atoms with E-state index in [4.69, 9.17) is 5.73 Å². The van der Waals surface area contributed by atoms with Crippen molar-refractivity contribution < 1.29 is 14.4 Å². The summed E-state index contributed by atoms with van der Waals surface area (Å²) in [5.74, 6) is -0.553. The van der Waals surface area contributed by atoms with E-state index in [0.29, 0.717) is 24.2 Å². The van der Waals surface area contributed by atoms with Gasteiger partial charge in [-0.3, -0.25) is 9.59 Å². The molecule has 0 aromatic heterocycles. The third-order valence-electron chi connectivity index (χ3n) is 3.91. The van der Waals surface area contributed by atoms with Crippen LogP contribution in [0.5, 0.6) is 0 Å². The second-order valence-electron chi connectivity index (χ2n) is 6.16. The van der Waals surface area contributed by atoms with Crippen molar-refractivity contribution >= 4 is 29.2 Å². The average Bonchev–Trinajstić information content (AvgIpc) is 2.62. The van der Waals surface area contributed by atoms with E-state index in [-0.39, 0.29) is 18.4 Å². The number of anilines is 2. The molecule has 4 amide bonds. The summed E-state index contributed by atoms with van der Waals surface area (Å²) in [5.41, 5.74) is 7.58. The van der Waals surface area contributed by atoms with Crippen molar-refractivity contribution in [2.24, 2.45) is 5.73 Å². The minimum absolute atomic E-state index is 0.0610. The number of carbonyl (C=O) groups excluding carboxylic acids is 3. The van der Waals surface area contributed by atoms with Crippen LogP contribution < -0.4 is 16.4 Å². The zero-order chi connectivity index (χ0) is 19.8. The summed E-state index contributed by atoms with van der Waals surface area (Å²) in [6.45, 7) is 4.22. The zero-order valence-corrected chi connectivity index (χ0v) is 15.5. The molecule has 0 heterocycles. The van der Waals surface area contributed by atoms with E-state index >= 15 is 0 Å². The number of nitrogens with zero attached hydrogens (tertiary/aromatic N) is 1. The van der Waals surface area contributed by atoms with Gasteiger partial charge >= 0.3 is 6.03 Å². The summed E-state index contributed by atoms with van der Waals surface area (Å²) < 4.78 is 0. The molecule has 0 spiro atoms. The van der Waals surface area contributed by atoms with Crippen molar-refractivity contribution in [3.8, 4) is 0 Å². The van der Waals surface area contributed by atoms with E-state index in [2.05, 4.69) is 10.6 Å². The molecule has 0 saturated carbocycles. The predicted octanol–water partition coefficient (Wildman–Crippen LogP) is 2.98. The standard InChI is InChI=1S/C20H24N4O3/c1-3-11-24(13-18(25)23-17-10-5-4-7-14(17)2)19(26)15-8-6-9-16(12-15)22-20(21)27/h4-10,12H,3,11,13H2,1-2H3,(H,23,25)(H3,21,22,27).